The molecule has 3 atom stereocenters. The number of carbonyl (C=O) groups excluding carboxylic acids is 1. The molecule has 3 unspecified atom stereocenters. The van der Waals surface area contributed by atoms with Crippen LogP contribution >= 0.6 is 0 Å². The van der Waals surface area contributed by atoms with E-state index >= 15 is 0 Å². The molecule has 3 saturated heterocycles. The number of amides is 1. The van der Waals surface area contributed by atoms with Crippen molar-refractivity contribution in [3.05, 3.63) is 48.4 Å². The van der Waals surface area contributed by atoms with Gasteiger partial charge in [-0.3, -0.25) is 0 Å². The molecule has 6 rings (SSSR count). The molecule has 0 saturated carbocycles. The van der Waals surface area contributed by atoms with Crippen molar-refractivity contribution in [1.82, 2.24) is 30.2 Å². The lowest BCUT2D eigenvalue weighted by molar-refractivity contribution is -0.0394. The van der Waals surface area contributed by atoms with Crippen molar-refractivity contribution < 1.29 is 23.7 Å². The van der Waals surface area contributed by atoms with Crippen LogP contribution in [0.5, 0.6) is 5.75 Å². The first kappa shape index (κ1) is 31.4. The largest absolute Gasteiger partial charge is 0.467 e. The van der Waals surface area contributed by atoms with E-state index in [0.717, 1.165) is 86.1 Å². The van der Waals surface area contributed by atoms with E-state index in [1.54, 1.807) is 7.11 Å². The summed E-state index contributed by atoms with van der Waals surface area (Å²) in [5.74, 6) is 0.666. The molecule has 5 heterocycles. The Morgan fingerprint density at radius 2 is 1.84 bits per heavy atom. The number of benzene rings is 1. The number of piperidine rings is 2. The third kappa shape index (κ3) is 7.65. The van der Waals surface area contributed by atoms with Crippen molar-refractivity contribution in [2.75, 3.05) is 20.5 Å². The molecule has 3 aromatic rings. The second-order valence-electron chi connectivity index (χ2n) is 13.4. The van der Waals surface area contributed by atoms with Crippen LogP contribution < -0.4 is 10.1 Å². The van der Waals surface area contributed by atoms with Gasteiger partial charge in [-0.1, -0.05) is 6.07 Å². The topological polar surface area (TPSA) is 113 Å². The first-order valence-electron chi connectivity index (χ1n) is 16.3. The van der Waals surface area contributed by atoms with Crippen LogP contribution in [0.25, 0.3) is 22.4 Å². The highest BCUT2D eigenvalue weighted by molar-refractivity contribution is 5.74. The van der Waals surface area contributed by atoms with E-state index in [9.17, 15) is 4.79 Å². The Balaban J connectivity index is 1.10. The number of hydrogen-bond donors (Lipinski definition) is 1. The molecule has 0 radical (unpaired) electrons. The number of hydrogen-bond acceptors (Lipinski definition) is 9. The average Bonchev–Trinajstić information content (AvgIpc) is 3.53. The van der Waals surface area contributed by atoms with Gasteiger partial charge in [0.1, 0.15) is 17.6 Å². The fourth-order valence-electron chi connectivity index (χ4n) is 6.74. The van der Waals surface area contributed by atoms with Gasteiger partial charge in [-0.05, 0) is 102 Å². The minimum atomic E-state index is -0.488. The van der Waals surface area contributed by atoms with E-state index in [2.05, 4.69) is 26.7 Å². The maximum atomic E-state index is 12.9. The Morgan fingerprint density at radius 1 is 1.02 bits per heavy atom. The van der Waals surface area contributed by atoms with Gasteiger partial charge in [-0.15, -0.1) is 0 Å². The summed E-state index contributed by atoms with van der Waals surface area (Å²) in [7, 11) is 1.61. The van der Waals surface area contributed by atoms with Gasteiger partial charge >= 0.3 is 6.09 Å². The number of nitrogens with one attached hydrogen (secondary N) is 1. The zero-order valence-electron chi connectivity index (χ0n) is 26.9. The smallest absolute Gasteiger partial charge is 0.410 e. The van der Waals surface area contributed by atoms with Crippen molar-refractivity contribution in [3.8, 4) is 28.1 Å². The number of fused-ring (bicyclic) bond motifs is 2. The summed E-state index contributed by atoms with van der Waals surface area (Å²) >= 11 is 0. The maximum absolute atomic E-state index is 12.9. The fraction of sp³-hybridized carbons (Fsp3) is 0.588. The van der Waals surface area contributed by atoms with Gasteiger partial charge in [0.05, 0.1) is 17.6 Å². The first-order chi connectivity index (χ1) is 21.8. The average molecular weight is 619 g/mol. The zero-order chi connectivity index (χ0) is 31.4. The second-order valence-corrected chi connectivity index (χ2v) is 13.4. The maximum Gasteiger partial charge on any atom is 0.410 e. The van der Waals surface area contributed by atoms with Crippen LogP contribution in [-0.4, -0.2) is 75.2 Å². The van der Waals surface area contributed by atoms with Gasteiger partial charge in [0.15, 0.2) is 6.79 Å². The quantitative estimate of drug-likeness (QED) is 0.284. The number of carbonyl (C=O) groups is 1. The summed E-state index contributed by atoms with van der Waals surface area (Å²) in [6.45, 7) is 7.28. The monoisotopic (exact) mass is 618 g/mol. The molecule has 3 aliphatic rings. The Bertz CT molecular complexity index is 1420. The SMILES string of the molecule is COCOc1cc(-c2cnn(C3CCCCO3)c2)ccc1-c1ccc(CNC2CC3CCCC(C2)N3C(=O)OC(C)(C)C)nn1. The summed E-state index contributed by atoms with van der Waals surface area (Å²) in [4.78, 5) is 14.9. The van der Waals surface area contributed by atoms with Crippen molar-refractivity contribution in [3.63, 3.8) is 0 Å². The second kappa shape index (κ2) is 13.8. The lowest BCUT2D eigenvalue weighted by atomic mass is 9.82. The Hall–Kier alpha value is -3.54. The highest BCUT2D eigenvalue weighted by atomic mass is 16.7. The summed E-state index contributed by atoms with van der Waals surface area (Å²) in [5, 5.41) is 17.4. The lowest BCUT2D eigenvalue weighted by Gasteiger charge is -2.48. The number of methoxy groups -OCH3 is 1. The Kier molecular flexibility index (Phi) is 9.67. The molecule has 45 heavy (non-hydrogen) atoms. The molecular formula is C34H46N6O5. The van der Waals surface area contributed by atoms with Crippen molar-refractivity contribution in [2.45, 2.75) is 109 Å². The molecular weight excluding hydrogens is 572 g/mol. The number of nitrogens with zero attached hydrogens (tertiary/aromatic N) is 5. The molecule has 242 valence electrons. The van der Waals surface area contributed by atoms with Gasteiger partial charge in [-0.25, -0.2) is 9.48 Å². The highest BCUT2D eigenvalue weighted by Crippen LogP contribution is 2.36. The van der Waals surface area contributed by atoms with Gasteiger partial charge in [-0.2, -0.15) is 15.3 Å². The third-order valence-corrected chi connectivity index (χ3v) is 8.85. The number of aromatic nitrogens is 4. The Labute approximate surface area is 265 Å². The zero-order valence-corrected chi connectivity index (χ0v) is 26.9. The van der Waals surface area contributed by atoms with Gasteiger partial charge in [0, 0.05) is 55.7 Å². The van der Waals surface area contributed by atoms with E-state index in [4.69, 9.17) is 18.9 Å². The molecule has 11 nitrogen and oxygen atoms in total. The van der Waals surface area contributed by atoms with Crippen molar-refractivity contribution in [2.24, 2.45) is 0 Å². The third-order valence-electron chi connectivity index (χ3n) is 8.85. The molecule has 11 heteroatoms. The molecule has 2 bridgehead atoms. The molecule has 1 aromatic carbocycles. The van der Waals surface area contributed by atoms with Gasteiger partial charge in [0.2, 0.25) is 0 Å². The predicted molar refractivity (Wildman–Crippen MR) is 169 cm³/mol. The number of ether oxygens (including phenoxy) is 4. The van der Waals surface area contributed by atoms with Crippen molar-refractivity contribution in [1.29, 1.82) is 0 Å². The standard InChI is InChI=1S/C34H46N6O5/c1-34(2,3)45-33(41)40-27-8-7-9-28(40)18-26(17-27)35-20-25-12-14-30(38-37-25)29-13-11-23(16-31(29)44-22-42-4)24-19-36-39(21-24)32-10-5-6-15-43-32/h11-14,16,19,21,26-28,32,35H,5-10,15,17-18,20,22H2,1-4H3. The van der Waals surface area contributed by atoms with Crippen LogP contribution in [-0.2, 0) is 20.8 Å². The van der Waals surface area contributed by atoms with Crippen LogP contribution in [0.3, 0.4) is 0 Å². The van der Waals surface area contributed by atoms with E-state index in [1.807, 2.05) is 67.0 Å². The van der Waals surface area contributed by atoms with Crippen LogP contribution in [0.4, 0.5) is 4.79 Å². The van der Waals surface area contributed by atoms with Gasteiger partial charge in [0.25, 0.3) is 0 Å². The lowest BCUT2D eigenvalue weighted by Crippen LogP contribution is -2.59. The van der Waals surface area contributed by atoms with Crippen LogP contribution in [0.1, 0.15) is 84.1 Å². The fourth-order valence-corrected chi connectivity index (χ4v) is 6.74. The van der Waals surface area contributed by atoms with E-state index in [0.29, 0.717) is 18.3 Å². The minimum absolute atomic E-state index is 0.0102. The predicted octanol–water partition coefficient (Wildman–Crippen LogP) is 6.10. The molecule has 1 N–H and O–H groups in total. The van der Waals surface area contributed by atoms with Crippen LogP contribution in [0, 0.1) is 0 Å². The molecule has 0 aliphatic carbocycles. The van der Waals surface area contributed by atoms with Crippen molar-refractivity contribution >= 4 is 6.09 Å². The minimum Gasteiger partial charge on any atom is -0.467 e. The van der Waals surface area contributed by atoms with Crippen LogP contribution in [0.2, 0.25) is 0 Å². The molecule has 1 amide bonds. The first-order valence-corrected chi connectivity index (χ1v) is 16.3. The normalized spacial score (nSPS) is 23.5. The highest BCUT2D eigenvalue weighted by Gasteiger charge is 2.42. The number of rotatable bonds is 9. The molecule has 0 spiro atoms. The summed E-state index contributed by atoms with van der Waals surface area (Å²) in [6, 6.07) is 10.8. The van der Waals surface area contributed by atoms with Crippen LogP contribution in [0.15, 0.2) is 42.7 Å². The van der Waals surface area contributed by atoms with E-state index in [-0.39, 0.29) is 31.2 Å². The summed E-state index contributed by atoms with van der Waals surface area (Å²) < 4.78 is 24.7. The summed E-state index contributed by atoms with van der Waals surface area (Å²) in [5.41, 5.74) is 3.93. The Morgan fingerprint density at radius 3 is 2.53 bits per heavy atom. The van der Waals surface area contributed by atoms with E-state index in [1.165, 1.54) is 0 Å². The molecule has 3 fully saturated rings. The summed E-state index contributed by atoms with van der Waals surface area (Å²) in [6.07, 6.45) is 12.0. The van der Waals surface area contributed by atoms with E-state index < -0.39 is 5.60 Å². The van der Waals surface area contributed by atoms with Gasteiger partial charge < -0.3 is 29.2 Å². The molecule has 2 aromatic heterocycles. The molecule has 3 aliphatic heterocycles.